The fraction of sp³-hybridized carbons (Fsp3) is 0.167. The molecule has 1 fully saturated rings. The number of amides is 2. The standard InChI is InChI=1S/C24H23N3O3/c28-23(22-17-10-18-26(22)24(29)30-21-15-8-3-9-16-21)25-27(19-11-4-1-5-12-19)20-13-6-2-7-14-20/h1-9,11-16,22H,10,17-18H2,(H,25,28)/t22-/m1/s1. The summed E-state index contributed by atoms with van der Waals surface area (Å²) in [6.45, 7) is 0.487. The van der Waals surface area contributed by atoms with Crippen molar-refractivity contribution in [1.29, 1.82) is 0 Å². The topological polar surface area (TPSA) is 61.9 Å². The molecule has 0 aromatic heterocycles. The number of nitrogens with one attached hydrogen (secondary N) is 1. The zero-order valence-corrected chi connectivity index (χ0v) is 16.5. The van der Waals surface area contributed by atoms with E-state index in [1.54, 1.807) is 29.3 Å². The predicted molar refractivity (Wildman–Crippen MR) is 115 cm³/mol. The first-order valence-corrected chi connectivity index (χ1v) is 9.96. The van der Waals surface area contributed by atoms with Crippen LogP contribution >= 0.6 is 0 Å². The van der Waals surface area contributed by atoms with E-state index in [2.05, 4.69) is 5.43 Å². The van der Waals surface area contributed by atoms with Gasteiger partial charge in [-0.2, -0.15) is 0 Å². The Balaban J connectivity index is 1.51. The van der Waals surface area contributed by atoms with E-state index >= 15 is 0 Å². The van der Waals surface area contributed by atoms with E-state index in [9.17, 15) is 9.59 Å². The number of likely N-dealkylation sites (tertiary alicyclic amines) is 1. The molecule has 1 heterocycles. The largest absolute Gasteiger partial charge is 0.415 e. The number of carbonyl (C=O) groups is 2. The van der Waals surface area contributed by atoms with E-state index in [1.165, 1.54) is 4.90 Å². The molecule has 152 valence electrons. The highest BCUT2D eigenvalue weighted by Gasteiger charge is 2.36. The maximum atomic E-state index is 13.2. The van der Waals surface area contributed by atoms with Gasteiger partial charge in [-0.3, -0.25) is 20.1 Å². The van der Waals surface area contributed by atoms with Gasteiger partial charge in [-0.15, -0.1) is 0 Å². The average molecular weight is 401 g/mol. The number of rotatable bonds is 5. The highest BCUT2D eigenvalue weighted by molar-refractivity contribution is 5.89. The van der Waals surface area contributed by atoms with Crippen LogP contribution in [-0.2, 0) is 4.79 Å². The van der Waals surface area contributed by atoms with Crippen LogP contribution in [0.5, 0.6) is 5.75 Å². The number of carbonyl (C=O) groups excluding carboxylic acids is 2. The molecule has 6 heteroatoms. The number of ether oxygens (including phenoxy) is 1. The molecular formula is C24H23N3O3. The SMILES string of the molecule is O=C(NN(c1ccccc1)c1ccccc1)[C@H]1CCCN1C(=O)Oc1ccccc1. The van der Waals surface area contributed by atoms with Crippen molar-refractivity contribution in [2.24, 2.45) is 0 Å². The van der Waals surface area contributed by atoms with Crippen LogP contribution < -0.4 is 15.2 Å². The first-order chi connectivity index (χ1) is 14.7. The Bertz CT molecular complexity index is 941. The second-order valence-corrected chi connectivity index (χ2v) is 7.02. The molecule has 0 radical (unpaired) electrons. The molecule has 6 nitrogen and oxygen atoms in total. The fourth-order valence-corrected chi connectivity index (χ4v) is 3.52. The minimum Gasteiger partial charge on any atom is -0.410 e. The summed E-state index contributed by atoms with van der Waals surface area (Å²) in [5, 5.41) is 1.74. The van der Waals surface area contributed by atoms with E-state index < -0.39 is 12.1 Å². The minimum absolute atomic E-state index is 0.245. The smallest absolute Gasteiger partial charge is 0.410 e. The number of nitrogens with zero attached hydrogens (tertiary/aromatic N) is 2. The minimum atomic E-state index is -0.587. The van der Waals surface area contributed by atoms with Crippen molar-refractivity contribution in [3.63, 3.8) is 0 Å². The van der Waals surface area contributed by atoms with E-state index in [-0.39, 0.29) is 5.91 Å². The second kappa shape index (κ2) is 9.13. The van der Waals surface area contributed by atoms with Crippen molar-refractivity contribution in [2.75, 3.05) is 11.6 Å². The van der Waals surface area contributed by atoms with Crippen LogP contribution in [0.3, 0.4) is 0 Å². The molecule has 3 aromatic carbocycles. The molecule has 0 bridgehead atoms. The van der Waals surface area contributed by atoms with Gasteiger partial charge in [-0.1, -0.05) is 54.6 Å². The Kier molecular flexibility index (Phi) is 5.94. The Morgan fingerprint density at radius 1 is 0.833 bits per heavy atom. The van der Waals surface area contributed by atoms with E-state index in [4.69, 9.17) is 4.74 Å². The number of anilines is 2. The molecule has 1 atom stereocenters. The summed E-state index contributed by atoms with van der Waals surface area (Å²) in [4.78, 5) is 27.3. The molecule has 1 N–H and O–H groups in total. The van der Waals surface area contributed by atoms with Crippen molar-refractivity contribution in [3.8, 4) is 5.75 Å². The van der Waals surface area contributed by atoms with Crippen LogP contribution in [-0.4, -0.2) is 29.5 Å². The van der Waals surface area contributed by atoms with Crippen molar-refractivity contribution in [2.45, 2.75) is 18.9 Å². The van der Waals surface area contributed by atoms with Crippen molar-refractivity contribution in [3.05, 3.63) is 91.0 Å². The Morgan fingerprint density at radius 3 is 1.93 bits per heavy atom. The van der Waals surface area contributed by atoms with Gasteiger partial charge in [0.1, 0.15) is 11.8 Å². The molecule has 3 aromatic rings. The lowest BCUT2D eigenvalue weighted by molar-refractivity contribution is -0.124. The Morgan fingerprint density at radius 2 is 1.37 bits per heavy atom. The Labute approximate surface area is 175 Å². The summed E-state index contributed by atoms with van der Waals surface area (Å²) in [5.41, 5.74) is 4.64. The lowest BCUT2D eigenvalue weighted by atomic mass is 10.2. The van der Waals surface area contributed by atoms with Gasteiger partial charge in [0.15, 0.2) is 0 Å². The van der Waals surface area contributed by atoms with Crippen LogP contribution in [0.25, 0.3) is 0 Å². The molecular weight excluding hydrogens is 378 g/mol. The highest BCUT2D eigenvalue weighted by Crippen LogP contribution is 2.25. The monoisotopic (exact) mass is 401 g/mol. The van der Waals surface area contributed by atoms with E-state index in [0.29, 0.717) is 18.7 Å². The third-order valence-corrected chi connectivity index (χ3v) is 4.99. The first-order valence-electron chi connectivity index (χ1n) is 9.96. The van der Waals surface area contributed by atoms with Gasteiger partial charge in [0.2, 0.25) is 0 Å². The van der Waals surface area contributed by atoms with Gasteiger partial charge >= 0.3 is 6.09 Å². The maximum absolute atomic E-state index is 13.2. The summed E-state index contributed by atoms with van der Waals surface area (Å²) in [6.07, 6.45) is 0.830. The Hall–Kier alpha value is -3.80. The zero-order chi connectivity index (χ0) is 20.8. The van der Waals surface area contributed by atoms with Crippen LogP contribution in [0.4, 0.5) is 16.2 Å². The van der Waals surface area contributed by atoms with Crippen molar-refractivity contribution in [1.82, 2.24) is 10.3 Å². The first kappa shape index (κ1) is 19.5. The average Bonchev–Trinajstić information content (AvgIpc) is 3.30. The molecule has 1 aliphatic rings. The molecule has 0 unspecified atom stereocenters. The van der Waals surface area contributed by atoms with Gasteiger partial charge < -0.3 is 4.74 Å². The number of hydrazine groups is 1. The third kappa shape index (κ3) is 4.43. The highest BCUT2D eigenvalue weighted by atomic mass is 16.6. The van der Waals surface area contributed by atoms with Gasteiger partial charge in [-0.05, 0) is 49.2 Å². The quantitative estimate of drug-likeness (QED) is 0.639. The van der Waals surface area contributed by atoms with Crippen LogP contribution in [0.2, 0.25) is 0 Å². The molecule has 0 aliphatic carbocycles. The lowest BCUT2D eigenvalue weighted by Crippen LogP contribution is -2.51. The van der Waals surface area contributed by atoms with Crippen LogP contribution in [0.1, 0.15) is 12.8 Å². The van der Waals surface area contributed by atoms with Crippen molar-refractivity contribution < 1.29 is 14.3 Å². The summed E-state index contributed by atoms with van der Waals surface area (Å²) in [7, 11) is 0. The molecule has 1 saturated heterocycles. The van der Waals surface area contributed by atoms with Crippen LogP contribution in [0.15, 0.2) is 91.0 Å². The zero-order valence-electron chi connectivity index (χ0n) is 16.5. The van der Waals surface area contributed by atoms with Gasteiger partial charge in [0.05, 0.1) is 11.4 Å². The number of hydrogen-bond acceptors (Lipinski definition) is 4. The summed E-state index contributed by atoms with van der Waals surface area (Å²) >= 11 is 0. The fourth-order valence-electron chi connectivity index (χ4n) is 3.52. The van der Waals surface area contributed by atoms with E-state index in [0.717, 1.165) is 17.8 Å². The predicted octanol–water partition coefficient (Wildman–Crippen LogP) is 4.52. The molecule has 4 rings (SSSR count). The molecule has 0 spiro atoms. The third-order valence-electron chi connectivity index (χ3n) is 4.99. The summed E-state index contributed by atoms with van der Waals surface area (Å²) in [5.74, 6) is 0.217. The van der Waals surface area contributed by atoms with Gasteiger partial charge in [-0.25, -0.2) is 4.79 Å². The summed E-state index contributed by atoms with van der Waals surface area (Å²) in [6, 6.07) is 27.5. The van der Waals surface area contributed by atoms with Gasteiger partial charge in [0, 0.05) is 6.54 Å². The summed E-state index contributed by atoms with van der Waals surface area (Å²) < 4.78 is 5.45. The number of benzene rings is 3. The molecule has 30 heavy (non-hydrogen) atoms. The molecule has 1 aliphatic heterocycles. The number of hydrogen-bond donors (Lipinski definition) is 1. The second-order valence-electron chi connectivity index (χ2n) is 7.02. The molecule has 0 saturated carbocycles. The van der Waals surface area contributed by atoms with Crippen molar-refractivity contribution >= 4 is 23.4 Å². The van der Waals surface area contributed by atoms with E-state index in [1.807, 2.05) is 66.7 Å². The molecule has 2 amide bonds. The lowest BCUT2D eigenvalue weighted by Gasteiger charge is -2.29. The number of para-hydroxylation sites is 3. The maximum Gasteiger partial charge on any atom is 0.415 e. The van der Waals surface area contributed by atoms with Crippen LogP contribution in [0, 0.1) is 0 Å². The van der Waals surface area contributed by atoms with Gasteiger partial charge in [0.25, 0.3) is 5.91 Å². The normalized spacial score (nSPS) is 15.5.